The summed E-state index contributed by atoms with van der Waals surface area (Å²) in [5, 5.41) is 2.14. The number of hydrogen-bond donors (Lipinski definition) is 1. The molecule has 2 nitrogen and oxygen atoms in total. The lowest BCUT2D eigenvalue weighted by atomic mass is 9.94. The molecule has 0 aliphatic carbocycles. The van der Waals surface area contributed by atoms with E-state index in [1.165, 1.54) is 6.07 Å². The molecular weight excluding hydrogens is 251 g/mol. The minimum Gasteiger partial charge on any atom is -0.320 e. The van der Waals surface area contributed by atoms with Crippen LogP contribution in [0.4, 0.5) is 4.39 Å². The highest BCUT2D eigenvalue weighted by Crippen LogP contribution is 2.27. The Kier molecular flexibility index (Phi) is 3.20. The lowest BCUT2D eigenvalue weighted by Gasteiger charge is -2.16. The van der Waals surface area contributed by atoms with E-state index in [1.807, 2.05) is 30.5 Å². The van der Waals surface area contributed by atoms with Crippen LogP contribution in [-0.2, 0) is 0 Å². The summed E-state index contributed by atoms with van der Waals surface area (Å²) in [7, 11) is 0. The average Bonchev–Trinajstić information content (AvgIpc) is 2.49. The van der Waals surface area contributed by atoms with E-state index in [2.05, 4.69) is 4.98 Å². The average molecular weight is 266 g/mol. The maximum Gasteiger partial charge on any atom is 0.126 e. The lowest BCUT2D eigenvalue weighted by Crippen LogP contribution is -2.12. The van der Waals surface area contributed by atoms with Crippen molar-refractivity contribution < 1.29 is 4.39 Å². The third kappa shape index (κ3) is 2.17. The van der Waals surface area contributed by atoms with Gasteiger partial charge in [-0.2, -0.15) is 0 Å². The highest BCUT2D eigenvalue weighted by Gasteiger charge is 2.13. The predicted octanol–water partition coefficient (Wildman–Crippen LogP) is 3.73. The first-order valence-electron chi connectivity index (χ1n) is 6.51. The number of fused-ring (bicyclic) bond motifs is 1. The summed E-state index contributed by atoms with van der Waals surface area (Å²) in [6.45, 7) is 1.75. The van der Waals surface area contributed by atoms with E-state index in [4.69, 9.17) is 5.73 Å². The molecule has 0 fully saturated rings. The van der Waals surface area contributed by atoms with Crippen LogP contribution in [-0.4, -0.2) is 4.98 Å². The van der Waals surface area contributed by atoms with Crippen molar-refractivity contribution in [2.24, 2.45) is 5.73 Å². The van der Waals surface area contributed by atoms with Crippen LogP contribution in [0.3, 0.4) is 0 Å². The quantitative estimate of drug-likeness (QED) is 0.767. The van der Waals surface area contributed by atoms with Gasteiger partial charge in [0.2, 0.25) is 0 Å². The highest BCUT2D eigenvalue weighted by molar-refractivity contribution is 5.85. The van der Waals surface area contributed by atoms with Gasteiger partial charge in [0.05, 0.1) is 6.04 Å². The standard InChI is InChI=1S/C17H15FN2/c1-11-9-12(5-6-16(11)18)17(19)15-4-2-3-13-10-20-8-7-14(13)15/h2-10,17H,19H2,1H3. The Morgan fingerprint density at radius 3 is 2.80 bits per heavy atom. The van der Waals surface area contributed by atoms with E-state index in [9.17, 15) is 4.39 Å². The highest BCUT2D eigenvalue weighted by atomic mass is 19.1. The van der Waals surface area contributed by atoms with Crippen molar-refractivity contribution >= 4 is 10.8 Å². The number of halogens is 1. The van der Waals surface area contributed by atoms with Gasteiger partial charge in [0.15, 0.2) is 0 Å². The first kappa shape index (κ1) is 12.8. The lowest BCUT2D eigenvalue weighted by molar-refractivity contribution is 0.617. The SMILES string of the molecule is Cc1cc(C(N)c2cccc3cnccc23)ccc1F. The molecule has 1 atom stereocenters. The molecule has 3 aromatic rings. The summed E-state index contributed by atoms with van der Waals surface area (Å²) in [4.78, 5) is 4.12. The fraction of sp³-hybridized carbons (Fsp3) is 0.118. The minimum absolute atomic E-state index is 0.205. The van der Waals surface area contributed by atoms with Crippen molar-refractivity contribution in [3.63, 3.8) is 0 Å². The number of benzene rings is 2. The van der Waals surface area contributed by atoms with Crippen LogP contribution in [0.2, 0.25) is 0 Å². The molecule has 0 saturated carbocycles. The van der Waals surface area contributed by atoms with Crippen LogP contribution < -0.4 is 5.73 Å². The van der Waals surface area contributed by atoms with Crippen LogP contribution in [0, 0.1) is 12.7 Å². The van der Waals surface area contributed by atoms with Crippen LogP contribution in [0.1, 0.15) is 22.7 Å². The van der Waals surface area contributed by atoms with Gasteiger partial charge in [-0.3, -0.25) is 4.98 Å². The Balaban J connectivity index is 2.12. The van der Waals surface area contributed by atoms with Crippen molar-refractivity contribution in [2.45, 2.75) is 13.0 Å². The molecule has 0 aliphatic heterocycles. The molecule has 1 heterocycles. The largest absolute Gasteiger partial charge is 0.320 e. The fourth-order valence-electron chi connectivity index (χ4n) is 2.46. The van der Waals surface area contributed by atoms with Crippen LogP contribution in [0.25, 0.3) is 10.8 Å². The molecule has 0 aliphatic rings. The van der Waals surface area contributed by atoms with E-state index >= 15 is 0 Å². The molecule has 0 radical (unpaired) electrons. The Labute approximate surface area is 117 Å². The second kappa shape index (κ2) is 5.02. The smallest absolute Gasteiger partial charge is 0.126 e. The summed E-state index contributed by atoms with van der Waals surface area (Å²) in [5.74, 6) is -0.205. The van der Waals surface area contributed by atoms with Crippen molar-refractivity contribution in [3.05, 3.63) is 77.4 Å². The predicted molar refractivity (Wildman–Crippen MR) is 78.9 cm³/mol. The van der Waals surface area contributed by atoms with Gasteiger partial charge in [-0.05, 0) is 41.1 Å². The van der Waals surface area contributed by atoms with E-state index in [-0.39, 0.29) is 11.9 Å². The fourth-order valence-corrected chi connectivity index (χ4v) is 2.46. The van der Waals surface area contributed by atoms with Crippen molar-refractivity contribution in [1.29, 1.82) is 0 Å². The number of aromatic nitrogens is 1. The zero-order valence-corrected chi connectivity index (χ0v) is 11.2. The molecular formula is C17H15FN2. The maximum absolute atomic E-state index is 13.4. The molecule has 0 bridgehead atoms. The maximum atomic E-state index is 13.4. The molecule has 1 aromatic heterocycles. The normalized spacial score (nSPS) is 12.6. The Morgan fingerprint density at radius 1 is 1.15 bits per heavy atom. The number of hydrogen-bond acceptors (Lipinski definition) is 2. The Morgan fingerprint density at radius 2 is 2.00 bits per heavy atom. The van der Waals surface area contributed by atoms with Gasteiger partial charge in [-0.25, -0.2) is 4.39 Å². The third-order valence-corrected chi connectivity index (χ3v) is 3.59. The zero-order chi connectivity index (χ0) is 14.1. The molecule has 0 saturated heterocycles. The van der Waals surface area contributed by atoms with Crippen molar-refractivity contribution in [3.8, 4) is 0 Å². The van der Waals surface area contributed by atoms with E-state index in [1.54, 1.807) is 25.3 Å². The van der Waals surface area contributed by atoms with Crippen LogP contribution >= 0.6 is 0 Å². The van der Waals surface area contributed by atoms with Crippen LogP contribution in [0.5, 0.6) is 0 Å². The van der Waals surface area contributed by atoms with E-state index in [0.29, 0.717) is 5.56 Å². The molecule has 100 valence electrons. The second-order valence-electron chi connectivity index (χ2n) is 4.93. The van der Waals surface area contributed by atoms with E-state index < -0.39 is 0 Å². The van der Waals surface area contributed by atoms with E-state index in [0.717, 1.165) is 21.9 Å². The molecule has 0 spiro atoms. The minimum atomic E-state index is -0.277. The van der Waals surface area contributed by atoms with Gasteiger partial charge in [0, 0.05) is 17.8 Å². The molecule has 2 N–H and O–H groups in total. The number of rotatable bonds is 2. The number of pyridine rings is 1. The Hall–Kier alpha value is -2.26. The molecule has 1 unspecified atom stereocenters. The van der Waals surface area contributed by atoms with Gasteiger partial charge in [0.25, 0.3) is 0 Å². The zero-order valence-electron chi connectivity index (χ0n) is 11.2. The molecule has 3 heteroatoms. The van der Waals surface area contributed by atoms with Gasteiger partial charge in [-0.1, -0.05) is 30.3 Å². The monoisotopic (exact) mass is 266 g/mol. The molecule has 20 heavy (non-hydrogen) atoms. The summed E-state index contributed by atoms with van der Waals surface area (Å²) in [5.41, 5.74) is 8.90. The molecule has 3 rings (SSSR count). The third-order valence-electron chi connectivity index (χ3n) is 3.59. The van der Waals surface area contributed by atoms with Gasteiger partial charge < -0.3 is 5.73 Å². The molecule has 2 aromatic carbocycles. The van der Waals surface area contributed by atoms with Gasteiger partial charge in [0.1, 0.15) is 5.82 Å². The Bertz CT molecular complexity index is 763. The van der Waals surface area contributed by atoms with Gasteiger partial charge >= 0.3 is 0 Å². The number of nitrogens with zero attached hydrogens (tertiary/aromatic N) is 1. The summed E-state index contributed by atoms with van der Waals surface area (Å²) in [6, 6.07) is 12.7. The first-order valence-corrected chi connectivity index (χ1v) is 6.51. The summed E-state index contributed by atoms with van der Waals surface area (Å²) < 4.78 is 13.4. The first-order chi connectivity index (χ1) is 9.66. The summed E-state index contributed by atoms with van der Waals surface area (Å²) >= 11 is 0. The number of aryl methyl sites for hydroxylation is 1. The summed E-state index contributed by atoms with van der Waals surface area (Å²) in [6.07, 6.45) is 3.58. The second-order valence-corrected chi connectivity index (χ2v) is 4.93. The molecule has 0 amide bonds. The number of nitrogens with two attached hydrogens (primary N) is 1. The van der Waals surface area contributed by atoms with Crippen molar-refractivity contribution in [2.75, 3.05) is 0 Å². The topological polar surface area (TPSA) is 38.9 Å². The van der Waals surface area contributed by atoms with Gasteiger partial charge in [-0.15, -0.1) is 0 Å². The van der Waals surface area contributed by atoms with Crippen LogP contribution in [0.15, 0.2) is 54.9 Å². The van der Waals surface area contributed by atoms with Crippen molar-refractivity contribution in [1.82, 2.24) is 4.98 Å².